The van der Waals surface area contributed by atoms with E-state index in [1.807, 2.05) is 12.1 Å². The number of hydrogen-bond donors (Lipinski definition) is 2. The highest BCUT2D eigenvalue weighted by Gasteiger charge is 2.14. The molecule has 4 heteroatoms. The zero-order valence-electron chi connectivity index (χ0n) is 9.21. The van der Waals surface area contributed by atoms with E-state index in [1.165, 1.54) is 6.42 Å². The van der Waals surface area contributed by atoms with E-state index in [9.17, 15) is 0 Å². The molecule has 1 aliphatic rings. The van der Waals surface area contributed by atoms with Gasteiger partial charge in [-0.15, -0.1) is 0 Å². The van der Waals surface area contributed by atoms with Crippen LogP contribution in [0.2, 0.25) is 5.02 Å². The molecule has 0 amide bonds. The van der Waals surface area contributed by atoms with E-state index in [-0.39, 0.29) is 0 Å². The van der Waals surface area contributed by atoms with Crippen molar-refractivity contribution in [2.45, 2.75) is 12.8 Å². The van der Waals surface area contributed by atoms with E-state index in [0.717, 1.165) is 31.9 Å². The molecular weight excluding hydrogens is 224 g/mol. The molecule has 1 saturated heterocycles. The average molecular weight is 241 g/mol. The molecule has 0 aliphatic carbocycles. The molecule has 16 heavy (non-hydrogen) atoms. The quantitative estimate of drug-likeness (QED) is 0.796. The van der Waals surface area contributed by atoms with Gasteiger partial charge in [0.1, 0.15) is 0 Å². The summed E-state index contributed by atoms with van der Waals surface area (Å²) in [5, 5.41) is 4.01. The van der Waals surface area contributed by atoms with Crippen LogP contribution in [0.4, 0.5) is 11.4 Å². The van der Waals surface area contributed by atoms with Gasteiger partial charge in [0, 0.05) is 25.4 Å². The number of rotatable bonds is 4. The molecule has 0 spiro atoms. The zero-order valence-corrected chi connectivity index (χ0v) is 9.96. The van der Waals surface area contributed by atoms with Crippen LogP contribution in [0.15, 0.2) is 18.2 Å². The molecule has 0 aromatic heterocycles. The van der Waals surface area contributed by atoms with Crippen LogP contribution in [0.5, 0.6) is 0 Å². The second-order valence-electron chi connectivity index (χ2n) is 4.18. The van der Waals surface area contributed by atoms with E-state index >= 15 is 0 Å². The normalized spacial score (nSPS) is 19.9. The Morgan fingerprint density at radius 2 is 2.38 bits per heavy atom. The van der Waals surface area contributed by atoms with Crippen LogP contribution in [-0.4, -0.2) is 19.8 Å². The average Bonchev–Trinajstić information content (AvgIpc) is 2.74. The van der Waals surface area contributed by atoms with Gasteiger partial charge in [-0.3, -0.25) is 0 Å². The minimum Gasteiger partial charge on any atom is -0.399 e. The summed E-state index contributed by atoms with van der Waals surface area (Å²) < 4.78 is 5.33. The number of nitrogen functional groups attached to an aromatic ring is 1. The number of halogens is 1. The second-order valence-corrected chi connectivity index (χ2v) is 4.59. The van der Waals surface area contributed by atoms with Crippen LogP contribution in [-0.2, 0) is 4.74 Å². The maximum absolute atomic E-state index is 6.06. The van der Waals surface area contributed by atoms with Crippen LogP contribution in [0.3, 0.4) is 0 Å². The Morgan fingerprint density at radius 1 is 1.50 bits per heavy atom. The Labute approximate surface area is 101 Å². The highest BCUT2D eigenvalue weighted by atomic mass is 35.5. The first-order valence-corrected chi connectivity index (χ1v) is 6.00. The molecule has 1 heterocycles. The molecule has 1 aromatic carbocycles. The van der Waals surface area contributed by atoms with Crippen molar-refractivity contribution in [3.8, 4) is 0 Å². The number of nitrogens with one attached hydrogen (secondary N) is 1. The highest BCUT2D eigenvalue weighted by Crippen LogP contribution is 2.24. The lowest BCUT2D eigenvalue weighted by Crippen LogP contribution is -2.09. The van der Waals surface area contributed by atoms with Gasteiger partial charge in [0.2, 0.25) is 0 Å². The standard InChI is InChI=1S/C12H17ClN2O/c13-11-7-10(14)1-2-12(11)15-5-3-9-4-6-16-8-9/h1-2,7,9,15H,3-6,8,14H2. The lowest BCUT2D eigenvalue weighted by atomic mass is 10.1. The fourth-order valence-corrected chi connectivity index (χ4v) is 2.15. The van der Waals surface area contributed by atoms with Gasteiger partial charge in [-0.1, -0.05) is 11.6 Å². The first-order valence-electron chi connectivity index (χ1n) is 5.62. The van der Waals surface area contributed by atoms with Crippen LogP contribution in [0.1, 0.15) is 12.8 Å². The van der Waals surface area contributed by atoms with Gasteiger partial charge in [-0.25, -0.2) is 0 Å². The van der Waals surface area contributed by atoms with Crippen LogP contribution < -0.4 is 11.1 Å². The smallest absolute Gasteiger partial charge is 0.0657 e. The topological polar surface area (TPSA) is 47.3 Å². The fraction of sp³-hybridized carbons (Fsp3) is 0.500. The molecule has 0 radical (unpaired) electrons. The lowest BCUT2D eigenvalue weighted by molar-refractivity contribution is 0.185. The number of nitrogens with two attached hydrogens (primary N) is 1. The molecule has 1 aromatic rings. The van der Waals surface area contributed by atoms with E-state index in [2.05, 4.69) is 5.32 Å². The van der Waals surface area contributed by atoms with Crippen molar-refractivity contribution >= 4 is 23.0 Å². The van der Waals surface area contributed by atoms with Gasteiger partial charge >= 0.3 is 0 Å². The summed E-state index contributed by atoms with van der Waals surface area (Å²) in [7, 11) is 0. The third kappa shape index (κ3) is 3.03. The van der Waals surface area contributed by atoms with Crippen LogP contribution >= 0.6 is 11.6 Å². The summed E-state index contributed by atoms with van der Waals surface area (Å²) >= 11 is 6.06. The molecule has 3 nitrogen and oxygen atoms in total. The van der Waals surface area contributed by atoms with Gasteiger partial charge in [0.15, 0.2) is 0 Å². The van der Waals surface area contributed by atoms with Gasteiger partial charge in [-0.2, -0.15) is 0 Å². The first-order chi connectivity index (χ1) is 7.75. The molecular formula is C12H17ClN2O. The summed E-state index contributed by atoms with van der Waals surface area (Å²) in [6.45, 7) is 2.74. The van der Waals surface area contributed by atoms with Crippen LogP contribution in [0.25, 0.3) is 0 Å². The van der Waals surface area contributed by atoms with Crippen molar-refractivity contribution < 1.29 is 4.74 Å². The molecule has 3 N–H and O–H groups in total. The molecule has 1 atom stereocenters. The largest absolute Gasteiger partial charge is 0.399 e. The summed E-state index contributed by atoms with van der Waals surface area (Å²) in [5.41, 5.74) is 7.27. The maximum atomic E-state index is 6.06. The van der Waals surface area contributed by atoms with Gasteiger partial charge in [-0.05, 0) is 37.0 Å². The number of ether oxygens (including phenoxy) is 1. The van der Waals surface area contributed by atoms with E-state index in [0.29, 0.717) is 16.6 Å². The Balaban J connectivity index is 1.80. The predicted octanol–water partition coefficient (Wildman–Crippen LogP) is 2.76. The van der Waals surface area contributed by atoms with E-state index in [1.54, 1.807) is 6.07 Å². The highest BCUT2D eigenvalue weighted by molar-refractivity contribution is 6.33. The van der Waals surface area contributed by atoms with Crippen molar-refractivity contribution in [1.29, 1.82) is 0 Å². The molecule has 0 bridgehead atoms. The monoisotopic (exact) mass is 240 g/mol. The van der Waals surface area contributed by atoms with E-state index < -0.39 is 0 Å². The summed E-state index contributed by atoms with van der Waals surface area (Å²) in [6.07, 6.45) is 2.30. The Kier molecular flexibility index (Phi) is 3.91. The minimum atomic E-state index is 0.683. The van der Waals surface area contributed by atoms with Crippen molar-refractivity contribution in [2.24, 2.45) is 5.92 Å². The molecule has 1 fully saturated rings. The van der Waals surface area contributed by atoms with Crippen molar-refractivity contribution in [3.05, 3.63) is 23.2 Å². The van der Waals surface area contributed by atoms with Crippen molar-refractivity contribution in [2.75, 3.05) is 30.8 Å². The number of anilines is 2. The second kappa shape index (κ2) is 5.41. The van der Waals surface area contributed by atoms with Gasteiger partial charge in [0.25, 0.3) is 0 Å². The van der Waals surface area contributed by atoms with E-state index in [4.69, 9.17) is 22.1 Å². The lowest BCUT2D eigenvalue weighted by Gasteiger charge is -2.11. The third-order valence-corrected chi connectivity index (χ3v) is 3.20. The van der Waals surface area contributed by atoms with Crippen LogP contribution in [0, 0.1) is 5.92 Å². The summed E-state index contributed by atoms with van der Waals surface area (Å²) in [6, 6.07) is 5.54. The first kappa shape index (κ1) is 11.6. The van der Waals surface area contributed by atoms with Crippen molar-refractivity contribution in [3.63, 3.8) is 0 Å². The Morgan fingerprint density at radius 3 is 3.06 bits per heavy atom. The number of benzene rings is 1. The molecule has 88 valence electrons. The SMILES string of the molecule is Nc1ccc(NCCC2CCOC2)c(Cl)c1. The van der Waals surface area contributed by atoms with Crippen molar-refractivity contribution in [1.82, 2.24) is 0 Å². The van der Waals surface area contributed by atoms with Gasteiger partial charge in [0.05, 0.1) is 10.7 Å². The Bertz CT molecular complexity index is 351. The molecule has 1 aliphatic heterocycles. The Hall–Kier alpha value is -0.930. The van der Waals surface area contributed by atoms with Gasteiger partial charge < -0.3 is 15.8 Å². The predicted molar refractivity (Wildman–Crippen MR) is 67.9 cm³/mol. The summed E-state index contributed by atoms with van der Waals surface area (Å²) in [5.74, 6) is 0.694. The number of hydrogen-bond acceptors (Lipinski definition) is 3. The molecule has 0 saturated carbocycles. The molecule has 2 rings (SSSR count). The minimum absolute atomic E-state index is 0.683. The maximum Gasteiger partial charge on any atom is 0.0657 e. The zero-order chi connectivity index (χ0) is 11.4. The third-order valence-electron chi connectivity index (χ3n) is 2.89. The molecule has 1 unspecified atom stereocenters. The fourth-order valence-electron chi connectivity index (χ4n) is 1.90. The summed E-state index contributed by atoms with van der Waals surface area (Å²) in [4.78, 5) is 0.